The first-order valence-electron chi connectivity index (χ1n) is 6.64. The van der Waals surface area contributed by atoms with Crippen LogP contribution in [0.2, 0.25) is 0 Å². The van der Waals surface area contributed by atoms with Gasteiger partial charge in [-0.05, 0) is 36.5 Å². The Labute approximate surface area is 109 Å². The van der Waals surface area contributed by atoms with Crippen LogP contribution in [0.3, 0.4) is 0 Å². The third kappa shape index (κ3) is 2.46. The van der Waals surface area contributed by atoms with Gasteiger partial charge in [0.05, 0.1) is 7.11 Å². The lowest BCUT2D eigenvalue weighted by Gasteiger charge is -2.25. The number of nitrogens with zero attached hydrogens (tertiary/aromatic N) is 1. The second-order valence-corrected chi connectivity index (χ2v) is 5.52. The van der Waals surface area contributed by atoms with Gasteiger partial charge in [0.1, 0.15) is 0 Å². The molecule has 1 aromatic carbocycles. The van der Waals surface area contributed by atoms with Gasteiger partial charge in [-0.25, -0.2) is 0 Å². The smallest absolute Gasteiger partial charge is 0.160 e. The summed E-state index contributed by atoms with van der Waals surface area (Å²) < 4.78 is 5.17. The van der Waals surface area contributed by atoms with Crippen molar-refractivity contribution in [2.75, 3.05) is 20.2 Å². The van der Waals surface area contributed by atoms with Crippen molar-refractivity contribution in [1.82, 2.24) is 4.90 Å². The Hall–Kier alpha value is -1.22. The summed E-state index contributed by atoms with van der Waals surface area (Å²) in [4.78, 5) is 2.50. The number of aromatic hydroxyl groups is 1. The molecule has 3 atom stereocenters. The van der Waals surface area contributed by atoms with Crippen molar-refractivity contribution in [2.24, 2.45) is 11.8 Å². The molecule has 0 saturated carbocycles. The Kier molecular flexibility index (Phi) is 3.81. The highest BCUT2D eigenvalue weighted by molar-refractivity contribution is 5.42. The average molecular weight is 249 g/mol. The summed E-state index contributed by atoms with van der Waals surface area (Å²) >= 11 is 0. The minimum atomic E-state index is 0.205. The van der Waals surface area contributed by atoms with Crippen LogP contribution in [0, 0.1) is 11.8 Å². The van der Waals surface area contributed by atoms with Crippen LogP contribution < -0.4 is 4.74 Å². The summed E-state index contributed by atoms with van der Waals surface area (Å²) in [5.41, 5.74) is 1.20. The van der Waals surface area contributed by atoms with Gasteiger partial charge >= 0.3 is 0 Å². The third-order valence-electron chi connectivity index (χ3n) is 4.25. The molecule has 1 aliphatic rings. The summed E-state index contributed by atoms with van der Waals surface area (Å²) in [5.74, 6) is 2.27. The molecule has 0 amide bonds. The first-order valence-corrected chi connectivity index (χ1v) is 6.64. The van der Waals surface area contributed by atoms with Gasteiger partial charge in [-0.2, -0.15) is 0 Å². The van der Waals surface area contributed by atoms with Crippen molar-refractivity contribution < 1.29 is 9.84 Å². The molecular formula is C15H23NO2. The minimum Gasteiger partial charge on any atom is -0.504 e. The normalized spacial score (nSPS) is 26.2. The Morgan fingerprint density at radius 1 is 1.28 bits per heavy atom. The summed E-state index contributed by atoms with van der Waals surface area (Å²) in [6.07, 6.45) is 0. The first-order chi connectivity index (χ1) is 8.52. The third-order valence-corrected chi connectivity index (χ3v) is 4.25. The van der Waals surface area contributed by atoms with Gasteiger partial charge in [-0.3, -0.25) is 4.90 Å². The largest absolute Gasteiger partial charge is 0.504 e. The molecule has 1 N–H and O–H groups in total. The van der Waals surface area contributed by atoms with E-state index >= 15 is 0 Å². The number of methoxy groups -OCH3 is 1. The molecule has 1 saturated heterocycles. The second-order valence-electron chi connectivity index (χ2n) is 5.52. The number of ether oxygens (including phenoxy) is 1. The lowest BCUT2D eigenvalue weighted by atomic mass is 10.0. The molecule has 3 heteroatoms. The van der Waals surface area contributed by atoms with Gasteiger partial charge in [0.25, 0.3) is 0 Å². The molecule has 0 radical (unpaired) electrons. The van der Waals surface area contributed by atoms with E-state index in [1.54, 1.807) is 13.2 Å². The van der Waals surface area contributed by atoms with Crippen molar-refractivity contribution in [1.29, 1.82) is 0 Å². The van der Waals surface area contributed by atoms with Crippen molar-refractivity contribution in [3.63, 3.8) is 0 Å². The van der Waals surface area contributed by atoms with Crippen molar-refractivity contribution >= 4 is 0 Å². The maximum Gasteiger partial charge on any atom is 0.160 e. The van der Waals surface area contributed by atoms with Crippen LogP contribution >= 0.6 is 0 Å². The van der Waals surface area contributed by atoms with E-state index in [0.717, 1.165) is 24.9 Å². The Morgan fingerprint density at radius 3 is 2.44 bits per heavy atom. The van der Waals surface area contributed by atoms with Crippen LogP contribution in [0.4, 0.5) is 0 Å². The van der Waals surface area contributed by atoms with Gasteiger partial charge in [-0.1, -0.05) is 19.9 Å². The van der Waals surface area contributed by atoms with Gasteiger partial charge in [0, 0.05) is 19.1 Å². The van der Waals surface area contributed by atoms with Crippen molar-refractivity contribution in [3.8, 4) is 11.5 Å². The van der Waals surface area contributed by atoms with Crippen LogP contribution in [0.5, 0.6) is 11.5 Å². The van der Waals surface area contributed by atoms with E-state index in [-0.39, 0.29) is 5.75 Å². The Balaban J connectivity index is 2.16. The molecular weight excluding hydrogens is 226 g/mol. The van der Waals surface area contributed by atoms with E-state index in [1.165, 1.54) is 5.56 Å². The predicted molar refractivity (Wildman–Crippen MR) is 73.0 cm³/mol. The summed E-state index contributed by atoms with van der Waals surface area (Å²) in [6, 6.07) is 6.00. The van der Waals surface area contributed by atoms with Gasteiger partial charge in [0.2, 0.25) is 0 Å². The highest BCUT2D eigenvalue weighted by atomic mass is 16.5. The zero-order valence-corrected chi connectivity index (χ0v) is 11.7. The molecule has 1 heterocycles. The van der Waals surface area contributed by atoms with Crippen LogP contribution in [-0.4, -0.2) is 30.2 Å². The average Bonchev–Trinajstić information content (AvgIpc) is 2.69. The topological polar surface area (TPSA) is 32.7 Å². The molecule has 2 rings (SSSR count). The van der Waals surface area contributed by atoms with Crippen molar-refractivity contribution in [2.45, 2.75) is 26.8 Å². The van der Waals surface area contributed by atoms with Crippen molar-refractivity contribution in [3.05, 3.63) is 23.8 Å². The van der Waals surface area contributed by atoms with Crippen LogP contribution in [0.25, 0.3) is 0 Å². The fourth-order valence-electron chi connectivity index (χ4n) is 2.66. The van der Waals surface area contributed by atoms with Crippen LogP contribution in [-0.2, 0) is 0 Å². The summed E-state index contributed by atoms with van der Waals surface area (Å²) in [5, 5.41) is 9.63. The maximum absolute atomic E-state index is 9.63. The standard InChI is InChI=1S/C15H23NO2/c1-10-8-16(9-11(10)2)12(3)13-5-6-14(17)15(7-13)18-4/h5-7,10-12,17H,8-9H2,1-4H3. The minimum absolute atomic E-state index is 0.205. The van der Waals surface area contributed by atoms with E-state index in [0.29, 0.717) is 11.8 Å². The maximum atomic E-state index is 9.63. The van der Waals surface area contributed by atoms with Crippen LogP contribution in [0.1, 0.15) is 32.4 Å². The number of hydrogen-bond acceptors (Lipinski definition) is 3. The number of hydrogen-bond donors (Lipinski definition) is 1. The molecule has 1 fully saturated rings. The molecule has 100 valence electrons. The molecule has 3 nitrogen and oxygen atoms in total. The van der Waals surface area contributed by atoms with E-state index < -0.39 is 0 Å². The molecule has 0 spiro atoms. The molecule has 3 unspecified atom stereocenters. The zero-order valence-electron chi connectivity index (χ0n) is 11.7. The van der Waals surface area contributed by atoms with Gasteiger partial charge in [-0.15, -0.1) is 0 Å². The van der Waals surface area contributed by atoms with Crippen LogP contribution in [0.15, 0.2) is 18.2 Å². The number of phenols is 1. The van der Waals surface area contributed by atoms with Gasteiger partial charge < -0.3 is 9.84 Å². The molecule has 1 aromatic rings. The monoisotopic (exact) mass is 249 g/mol. The number of benzene rings is 1. The molecule has 0 bridgehead atoms. The zero-order chi connectivity index (χ0) is 13.3. The Bertz CT molecular complexity index is 409. The first kappa shape index (κ1) is 13.2. The summed E-state index contributed by atoms with van der Waals surface area (Å²) in [6.45, 7) is 9.14. The van der Waals surface area contributed by atoms with E-state index in [4.69, 9.17) is 4.74 Å². The lowest BCUT2D eigenvalue weighted by molar-refractivity contribution is 0.250. The van der Waals surface area contributed by atoms with E-state index in [1.807, 2.05) is 12.1 Å². The lowest BCUT2D eigenvalue weighted by Crippen LogP contribution is -2.24. The van der Waals surface area contributed by atoms with Gasteiger partial charge in [0.15, 0.2) is 11.5 Å². The summed E-state index contributed by atoms with van der Waals surface area (Å²) in [7, 11) is 1.59. The highest BCUT2D eigenvalue weighted by Crippen LogP contribution is 2.34. The molecule has 0 aromatic heterocycles. The number of rotatable bonds is 3. The highest BCUT2D eigenvalue weighted by Gasteiger charge is 2.29. The molecule has 0 aliphatic carbocycles. The van der Waals surface area contributed by atoms with E-state index in [2.05, 4.69) is 25.7 Å². The predicted octanol–water partition coefficient (Wildman–Crippen LogP) is 3.05. The number of phenolic OH excluding ortho intramolecular Hbond substituents is 1. The Morgan fingerprint density at radius 2 is 1.89 bits per heavy atom. The fourth-order valence-corrected chi connectivity index (χ4v) is 2.66. The molecule has 1 aliphatic heterocycles. The number of likely N-dealkylation sites (tertiary alicyclic amines) is 1. The SMILES string of the molecule is COc1cc(C(C)N2CC(C)C(C)C2)ccc1O. The molecule has 18 heavy (non-hydrogen) atoms. The quantitative estimate of drug-likeness (QED) is 0.893. The van der Waals surface area contributed by atoms with E-state index in [9.17, 15) is 5.11 Å². The second kappa shape index (κ2) is 5.19. The fraction of sp³-hybridized carbons (Fsp3) is 0.600.